The number of anilines is 2. The minimum Gasteiger partial charge on any atom is -0.478 e. The van der Waals surface area contributed by atoms with E-state index in [4.69, 9.17) is 16.7 Å². The number of aromatic carboxylic acids is 1. The Bertz CT molecular complexity index is 706. The van der Waals surface area contributed by atoms with Gasteiger partial charge in [0.25, 0.3) is 0 Å². The number of hydrogen-bond donors (Lipinski definition) is 3. The molecule has 0 heterocycles. The van der Waals surface area contributed by atoms with Crippen LogP contribution in [0.3, 0.4) is 0 Å². The lowest BCUT2D eigenvalue weighted by Gasteiger charge is -2.09. The molecule has 0 unspecified atom stereocenters. The number of benzene rings is 2. The highest BCUT2D eigenvalue weighted by atomic mass is 35.5. The quantitative estimate of drug-likeness (QED) is 0.806. The molecule has 3 N–H and O–H groups in total. The maximum atomic E-state index is 13.5. The Morgan fingerprint density at radius 3 is 2.52 bits per heavy atom. The summed E-state index contributed by atoms with van der Waals surface area (Å²) >= 11 is 5.77. The van der Waals surface area contributed by atoms with E-state index >= 15 is 0 Å². The van der Waals surface area contributed by atoms with Crippen LogP contribution in [0.25, 0.3) is 0 Å². The minimum absolute atomic E-state index is 0.130. The summed E-state index contributed by atoms with van der Waals surface area (Å²) in [4.78, 5) is 22.6. The van der Waals surface area contributed by atoms with Gasteiger partial charge in [-0.3, -0.25) is 0 Å². The van der Waals surface area contributed by atoms with E-state index in [1.54, 1.807) is 18.2 Å². The molecular weight excluding hydrogens is 299 g/mol. The van der Waals surface area contributed by atoms with Gasteiger partial charge in [-0.25, -0.2) is 14.0 Å². The van der Waals surface area contributed by atoms with E-state index in [1.807, 2.05) is 0 Å². The third-order valence-electron chi connectivity index (χ3n) is 2.54. The Hall–Kier alpha value is -2.60. The molecule has 0 saturated carbocycles. The summed E-state index contributed by atoms with van der Waals surface area (Å²) in [6.45, 7) is 0. The molecule has 0 bridgehead atoms. The van der Waals surface area contributed by atoms with Gasteiger partial charge in [0.2, 0.25) is 0 Å². The Kier molecular flexibility index (Phi) is 4.39. The molecule has 0 aliphatic rings. The number of carboxylic acids is 1. The molecule has 0 atom stereocenters. The maximum Gasteiger partial charge on any atom is 0.335 e. The number of nitrogens with one attached hydrogen (secondary N) is 2. The van der Waals surface area contributed by atoms with Gasteiger partial charge >= 0.3 is 12.0 Å². The van der Waals surface area contributed by atoms with Crippen molar-refractivity contribution in [2.75, 3.05) is 10.6 Å². The number of urea groups is 1. The maximum absolute atomic E-state index is 13.5. The average molecular weight is 309 g/mol. The molecular formula is C14H10ClFN2O3. The first kappa shape index (κ1) is 14.8. The van der Waals surface area contributed by atoms with Crippen molar-refractivity contribution >= 4 is 35.0 Å². The third kappa shape index (κ3) is 3.93. The van der Waals surface area contributed by atoms with Crippen LogP contribution in [0.4, 0.5) is 20.6 Å². The summed E-state index contributed by atoms with van der Waals surface area (Å²) in [5.41, 5.74) is 0.0682. The molecule has 2 rings (SSSR count). The largest absolute Gasteiger partial charge is 0.478 e. The van der Waals surface area contributed by atoms with Gasteiger partial charge in [0.15, 0.2) is 0 Å². The van der Waals surface area contributed by atoms with Crippen molar-refractivity contribution in [3.8, 4) is 0 Å². The smallest absolute Gasteiger partial charge is 0.335 e. The molecule has 2 aromatic carbocycles. The SMILES string of the molecule is O=C(Nc1cccc(Cl)c1)Nc1cc(C(=O)O)ccc1F. The van der Waals surface area contributed by atoms with E-state index in [0.717, 1.165) is 18.2 Å². The second kappa shape index (κ2) is 6.23. The summed E-state index contributed by atoms with van der Waals surface area (Å²) in [5, 5.41) is 14.0. The molecule has 108 valence electrons. The van der Waals surface area contributed by atoms with Crippen molar-refractivity contribution in [1.29, 1.82) is 0 Å². The topological polar surface area (TPSA) is 78.4 Å². The highest BCUT2D eigenvalue weighted by Crippen LogP contribution is 2.18. The fourth-order valence-electron chi connectivity index (χ4n) is 1.60. The van der Waals surface area contributed by atoms with Crippen LogP contribution in [0.1, 0.15) is 10.4 Å². The number of amides is 2. The predicted molar refractivity (Wildman–Crippen MR) is 77.5 cm³/mol. The highest BCUT2D eigenvalue weighted by molar-refractivity contribution is 6.30. The number of carbonyl (C=O) groups excluding carboxylic acids is 1. The molecule has 2 aromatic rings. The number of hydrogen-bond acceptors (Lipinski definition) is 2. The Labute approximate surface area is 124 Å². The van der Waals surface area contributed by atoms with E-state index in [-0.39, 0.29) is 11.3 Å². The number of carbonyl (C=O) groups is 2. The van der Waals surface area contributed by atoms with Crippen LogP contribution < -0.4 is 10.6 Å². The molecule has 21 heavy (non-hydrogen) atoms. The molecule has 5 nitrogen and oxygen atoms in total. The van der Waals surface area contributed by atoms with Gasteiger partial charge in [-0.05, 0) is 36.4 Å². The first-order chi connectivity index (χ1) is 9.95. The van der Waals surface area contributed by atoms with Crippen molar-refractivity contribution in [3.05, 3.63) is 58.9 Å². The first-order valence-electron chi connectivity index (χ1n) is 5.82. The van der Waals surface area contributed by atoms with Crippen molar-refractivity contribution in [3.63, 3.8) is 0 Å². The fraction of sp³-hybridized carbons (Fsp3) is 0. The minimum atomic E-state index is -1.21. The summed E-state index contributed by atoms with van der Waals surface area (Å²) in [6, 6.07) is 8.81. The van der Waals surface area contributed by atoms with Gasteiger partial charge in [0.05, 0.1) is 11.3 Å². The van der Waals surface area contributed by atoms with Crippen LogP contribution in [-0.4, -0.2) is 17.1 Å². The van der Waals surface area contributed by atoms with Crippen molar-refractivity contribution in [1.82, 2.24) is 0 Å². The number of carboxylic acid groups (broad SMARTS) is 1. The van der Waals surface area contributed by atoms with Crippen molar-refractivity contribution in [2.45, 2.75) is 0 Å². The van der Waals surface area contributed by atoms with Crippen LogP contribution in [0, 0.1) is 5.82 Å². The molecule has 2 amide bonds. The van der Waals surface area contributed by atoms with Crippen molar-refractivity contribution < 1.29 is 19.1 Å². The Balaban J connectivity index is 2.12. The van der Waals surface area contributed by atoms with Crippen LogP contribution in [0.2, 0.25) is 5.02 Å². The highest BCUT2D eigenvalue weighted by Gasteiger charge is 2.11. The predicted octanol–water partition coefficient (Wildman–Crippen LogP) is 3.82. The zero-order valence-corrected chi connectivity index (χ0v) is 11.3. The lowest BCUT2D eigenvalue weighted by molar-refractivity contribution is 0.0697. The average Bonchev–Trinajstić information content (AvgIpc) is 2.41. The summed E-state index contributed by atoms with van der Waals surface area (Å²) in [5.74, 6) is -1.95. The number of halogens is 2. The Morgan fingerprint density at radius 2 is 1.86 bits per heavy atom. The van der Waals surface area contributed by atoms with E-state index in [0.29, 0.717) is 10.7 Å². The van der Waals surface area contributed by atoms with E-state index in [2.05, 4.69) is 10.6 Å². The second-order valence-electron chi connectivity index (χ2n) is 4.09. The first-order valence-corrected chi connectivity index (χ1v) is 6.20. The van der Waals surface area contributed by atoms with Crippen LogP contribution in [0.5, 0.6) is 0 Å². The normalized spacial score (nSPS) is 10.0. The zero-order valence-electron chi connectivity index (χ0n) is 10.6. The molecule has 7 heteroatoms. The third-order valence-corrected chi connectivity index (χ3v) is 2.78. The molecule has 0 aliphatic heterocycles. The van der Waals surface area contributed by atoms with E-state index < -0.39 is 17.8 Å². The van der Waals surface area contributed by atoms with E-state index in [1.165, 1.54) is 6.07 Å². The molecule has 0 aromatic heterocycles. The standard InChI is InChI=1S/C14H10ClFN2O3/c15-9-2-1-3-10(7-9)17-14(21)18-12-6-8(13(19)20)4-5-11(12)16/h1-7H,(H,19,20)(H2,17,18,21). The molecule has 0 saturated heterocycles. The van der Waals surface area contributed by atoms with Crippen LogP contribution in [-0.2, 0) is 0 Å². The molecule has 0 spiro atoms. The fourth-order valence-corrected chi connectivity index (χ4v) is 1.80. The van der Waals surface area contributed by atoms with Gasteiger partial charge in [-0.1, -0.05) is 17.7 Å². The van der Waals surface area contributed by atoms with Gasteiger partial charge < -0.3 is 15.7 Å². The van der Waals surface area contributed by atoms with Crippen molar-refractivity contribution in [2.24, 2.45) is 0 Å². The molecule has 0 fully saturated rings. The monoisotopic (exact) mass is 308 g/mol. The molecule has 0 radical (unpaired) electrons. The zero-order chi connectivity index (χ0) is 15.4. The van der Waals surface area contributed by atoms with E-state index in [9.17, 15) is 14.0 Å². The van der Waals surface area contributed by atoms with Crippen LogP contribution in [0.15, 0.2) is 42.5 Å². The summed E-state index contributed by atoms with van der Waals surface area (Å²) in [6.07, 6.45) is 0. The number of rotatable bonds is 3. The molecule has 0 aliphatic carbocycles. The Morgan fingerprint density at radius 1 is 1.10 bits per heavy atom. The van der Waals surface area contributed by atoms with Gasteiger partial charge in [-0.2, -0.15) is 0 Å². The van der Waals surface area contributed by atoms with Gasteiger partial charge in [0.1, 0.15) is 5.82 Å². The second-order valence-corrected chi connectivity index (χ2v) is 4.53. The summed E-state index contributed by atoms with van der Waals surface area (Å²) < 4.78 is 13.5. The lowest BCUT2D eigenvalue weighted by atomic mass is 10.2. The summed E-state index contributed by atoms with van der Waals surface area (Å²) in [7, 11) is 0. The van der Waals surface area contributed by atoms with Crippen LogP contribution >= 0.6 is 11.6 Å². The van der Waals surface area contributed by atoms with Gasteiger partial charge in [0, 0.05) is 10.7 Å². The van der Waals surface area contributed by atoms with Gasteiger partial charge in [-0.15, -0.1) is 0 Å². The lowest BCUT2D eigenvalue weighted by Crippen LogP contribution is -2.20.